The van der Waals surface area contributed by atoms with Gasteiger partial charge in [-0.2, -0.15) is 0 Å². The fraction of sp³-hybridized carbons (Fsp3) is 0.211. The van der Waals surface area contributed by atoms with E-state index in [1.807, 2.05) is 39.0 Å². The predicted octanol–water partition coefficient (Wildman–Crippen LogP) is 3.21. The van der Waals surface area contributed by atoms with Crippen LogP contribution in [-0.2, 0) is 4.79 Å². The standard InChI is InChI=1S/C19H20N4O2/c1-13-8-14(2)19(15(3)9-13)25-11-18(24)22-16-4-5-17(21-10-16)23-7-6-20-12-23/h4-10,12H,11H2,1-3H3,(H,22,24). The molecule has 0 fully saturated rings. The highest BCUT2D eigenvalue weighted by Crippen LogP contribution is 2.24. The molecule has 0 aliphatic heterocycles. The van der Waals surface area contributed by atoms with Crippen LogP contribution in [0.5, 0.6) is 5.75 Å². The lowest BCUT2D eigenvalue weighted by Gasteiger charge is -2.13. The number of aryl methyl sites for hydroxylation is 3. The molecule has 0 aliphatic rings. The summed E-state index contributed by atoms with van der Waals surface area (Å²) in [6, 6.07) is 7.69. The number of nitrogens with zero attached hydrogens (tertiary/aromatic N) is 3. The Morgan fingerprint density at radius 3 is 2.56 bits per heavy atom. The van der Waals surface area contributed by atoms with Crippen LogP contribution in [0.25, 0.3) is 5.82 Å². The number of ether oxygens (including phenoxy) is 1. The van der Waals surface area contributed by atoms with E-state index < -0.39 is 0 Å². The molecule has 0 aliphatic carbocycles. The number of hydrogen-bond donors (Lipinski definition) is 1. The van der Waals surface area contributed by atoms with Crippen LogP contribution in [0.1, 0.15) is 16.7 Å². The summed E-state index contributed by atoms with van der Waals surface area (Å²) < 4.78 is 7.48. The summed E-state index contributed by atoms with van der Waals surface area (Å²) in [4.78, 5) is 20.4. The van der Waals surface area contributed by atoms with Gasteiger partial charge in [-0.05, 0) is 44.0 Å². The number of rotatable bonds is 5. The number of carbonyl (C=O) groups is 1. The first-order valence-corrected chi connectivity index (χ1v) is 7.98. The lowest BCUT2D eigenvalue weighted by Crippen LogP contribution is -2.20. The number of aromatic nitrogens is 3. The van der Waals surface area contributed by atoms with E-state index in [0.29, 0.717) is 5.69 Å². The molecule has 0 unspecified atom stereocenters. The Bertz CT molecular complexity index is 848. The van der Waals surface area contributed by atoms with Crippen LogP contribution < -0.4 is 10.1 Å². The maximum absolute atomic E-state index is 12.1. The number of imidazole rings is 1. The van der Waals surface area contributed by atoms with Crippen molar-refractivity contribution in [2.75, 3.05) is 11.9 Å². The van der Waals surface area contributed by atoms with E-state index in [4.69, 9.17) is 4.74 Å². The zero-order valence-electron chi connectivity index (χ0n) is 14.5. The van der Waals surface area contributed by atoms with E-state index >= 15 is 0 Å². The molecule has 6 nitrogen and oxygen atoms in total. The number of amides is 1. The molecule has 0 saturated heterocycles. The van der Waals surface area contributed by atoms with Gasteiger partial charge in [0.25, 0.3) is 5.91 Å². The minimum Gasteiger partial charge on any atom is -0.483 e. The molecule has 1 aromatic carbocycles. The zero-order chi connectivity index (χ0) is 17.8. The smallest absolute Gasteiger partial charge is 0.262 e. The van der Waals surface area contributed by atoms with Gasteiger partial charge in [0.2, 0.25) is 0 Å². The molecule has 3 aromatic rings. The lowest BCUT2D eigenvalue weighted by atomic mass is 10.1. The third kappa shape index (κ3) is 4.03. The van der Waals surface area contributed by atoms with Crippen molar-refractivity contribution >= 4 is 11.6 Å². The van der Waals surface area contributed by atoms with Crippen LogP contribution in [-0.4, -0.2) is 27.0 Å². The molecule has 2 heterocycles. The Morgan fingerprint density at radius 2 is 1.96 bits per heavy atom. The molecular formula is C19H20N4O2. The SMILES string of the molecule is Cc1cc(C)c(OCC(=O)Nc2ccc(-n3ccnc3)nc2)c(C)c1. The highest BCUT2D eigenvalue weighted by Gasteiger charge is 2.09. The summed E-state index contributed by atoms with van der Waals surface area (Å²) >= 11 is 0. The summed E-state index contributed by atoms with van der Waals surface area (Å²) in [6.07, 6.45) is 6.76. The number of nitrogens with one attached hydrogen (secondary N) is 1. The normalized spacial score (nSPS) is 10.5. The second-order valence-corrected chi connectivity index (χ2v) is 5.94. The average molecular weight is 336 g/mol. The molecule has 0 radical (unpaired) electrons. The van der Waals surface area contributed by atoms with Gasteiger partial charge in [0.1, 0.15) is 17.9 Å². The van der Waals surface area contributed by atoms with Gasteiger partial charge >= 0.3 is 0 Å². The summed E-state index contributed by atoms with van der Waals surface area (Å²) in [6.45, 7) is 5.95. The average Bonchev–Trinajstić information content (AvgIpc) is 3.09. The zero-order valence-corrected chi connectivity index (χ0v) is 14.5. The van der Waals surface area contributed by atoms with Crippen LogP contribution in [0.4, 0.5) is 5.69 Å². The fourth-order valence-corrected chi connectivity index (χ4v) is 2.74. The molecule has 128 valence electrons. The number of anilines is 1. The quantitative estimate of drug-likeness (QED) is 0.777. The molecule has 0 spiro atoms. The summed E-state index contributed by atoms with van der Waals surface area (Å²) in [7, 11) is 0. The largest absolute Gasteiger partial charge is 0.483 e. The first-order chi connectivity index (χ1) is 12.0. The van der Waals surface area contributed by atoms with Gasteiger partial charge in [-0.25, -0.2) is 9.97 Å². The van der Waals surface area contributed by atoms with Crippen molar-refractivity contribution in [2.24, 2.45) is 0 Å². The second-order valence-electron chi connectivity index (χ2n) is 5.94. The van der Waals surface area contributed by atoms with Gasteiger partial charge in [0.15, 0.2) is 6.61 Å². The van der Waals surface area contributed by atoms with Gasteiger partial charge in [0, 0.05) is 12.4 Å². The van der Waals surface area contributed by atoms with Crippen LogP contribution in [0.3, 0.4) is 0 Å². The van der Waals surface area contributed by atoms with Crippen molar-refractivity contribution < 1.29 is 9.53 Å². The van der Waals surface area contributed by atoms with Crippen molar-refractivity contribution in [3.63, 3.8) is 0 Å². The molecule has 0 bridgehead atoms. The van der Waals surface area contributed by atoms with Crippen LogP contribution in [0, 0.1) is 20.8 Å². The Kier molecular flexibility index (Phi) is 4.79. The molecule has 0 saturated carbocycles. The number of benzene rings is 1. The van der Waals surface area contributed by atoms with Crippen LogP contribution in [0.2, 0.25) is 0 Å². The summed E-state index contributed by atoms with van der Waals surface area (Å²) in [5.41, 5.74) is 3.85. The Morgan fingerprint density at radius 1 is 1.20 bits per heavy atom. The molecule has 1 N–H and O–H groups in total. The van der Waals surface area contributed by atoms with Gasteiger partial charge in [0.05, 0.1) is 11.9 Å². The summed E-state index contributed by atoms with van der Waals surface area (Å²) in [5.74, 6) is 1.27. The Balaban J connectivity index is 1.60. The van der Waals surface area contributed by atoms with Gasteiger partial charge in [-0.3, -0.25) is 9.36 Å². The highest BCUT2D eigenvalue weighted by atomic mass is 16.5. The van der Waals surface area contributed by atoms with E-state index in [-0.39, 0.29) is 12.5 Å². The third-order valence-corrected chi connectivity index (χ3v) is 3.75. The molecule has 6 heteroatoms. The van der Waals surface area contributed by atoms with E-state index in [1.165, 1.54) is 5.56 Å². The first-order valence-electron chi connectivity index (χ1n) is 7.98. The number of carbonyl (C=O) groups excluding carboxylic acids is 1. The molecule has 2 aromatic heterocycles. The van der Waals surface area contributed by atoms with E-state index in [1.54, 1.807) is 35.6 Å². The van der Waals surface area contributed by atoms with Gasteiger partial charge in [-0.15, -0.1) is 0 Å². The van der Waals surface area contributed by atoms with Crippen molar-refractivity contribution in [1.29, 1.82) is 0 Å². The number of hydrogen-bond acceptors (Lipinski definition) is 4. The van der Waals surface area contributed by atoms with E-state index in [2.05, 4.69) is 15.3 Å². The topological polar surface area (TPSA) is 69.0 Å². The van der Waals surface area contributed by atoms with E-state index in [9.17, 15) is 4.79 Å². The van der Waals surface area contributed by atoms with Gasteiger partial charge < -0.3 is 10.1 Å². The monoisotopic (exact) mass is 336 g/mol. The molecule has 25 heavy (non-hydrogen) atoms. The van der Waals surface area contributed by atoms with Crippen LogP contribution in [0.15, 0.2) is 49.2 Å². The number of pyridine rings is 1. The first kappa shape index (κ1) is 16.7. The van der Waals surface area contributed by atoms with Crippen molar-refractivity contribution in [2.45, 2.75) is 20.8 Å². The molecular weight excluding hydrogens is 316 g/mol. The van der Waals surface area contributed by atoms with Crippen molar-refractivity contribution in [3.05, 3.63) is 65.9 Å². The second kappa shape index (κ2) is 7.17. The maximum atomic E-state index is 12.1. The fourth-order valence-electron chi connectivity index (χ4n) is 2.74. The minimum atomic E-state index is -0.225. The molecule has 1 amide bonds. The van der Waals surface area contributed by atoms with Crippen LogP contribution >= 0.6 is 0 Å². The third-order valence-electron chi connectivity index (χ3n) is 3.75. The Labute approximate surface area is 146 Å². The predicted molar refractivity (Wildman–Crippen MR) is 96.1 cm³/mol. The molecule has 3 rings (SSSR count). The lowest BCUT2D eigenvalue weighted by molar-refractivity contribution is -0.118. The van der Waals surface area contributed by atoms with E-state index in [0.717, 1.165) is 22.7 Å². The summed E-state index contributed by atoms with van der Waals surface area (Å²) in [5, 5.41) is 2.78. The maximum Gasteiger partial charge on any atom is 0.262 e. The molecule has 0 atom stereocenters. The highest BCUT2D eigenvalue weighted by molar-refractivity contribution is 5.91. The minimum absolute atomic E-state index is 0.0476. The van der Waals surface area contributed by atoms with Gasteiger partial charge in [-0.1, -0.05) is 17.7 Å². The Hall–Kier alpha value is -3.15. The van der Waals surface area contributed by atoms with Crippen molar-refractivity contribution in [1.82, 2.24) is 14.5 Å². The van der Waals surface area contributed by atoms with Crippen molar-refractivity contribution in [3.8, 4) is 11.6 Å².